The number of methoxy groups -OCH3 is 1. The molecule has 0 spiro atoms. The Morgan fingerprint density at radius 1 is 1.47 bits per heavy atom. The number of hydrogen-bond acceptors (Lipinski definition) is 2. The topological polar surface area (TPSA) is 29.5 Å². The van der Waals surface area contributed by atoms with Crippen LogP contribution in [0.4, 0.5) is 0 Å². The van der Waals surface area contributed by atoms with Gasteiger partial charge in [-0.05, 0) is 40.4 Å². The fourth-order valence-corrected chi connectivity index (χ4v) is 2.71. The van der Waals surface area contributed by atoms with Gasteiger partial charge in [-0.3, -0.25) is 0 Å². The Balaban J connectivity index is 3.02. The molecule has 96 valence electrons. The summed E-state index contributed by atoms with van der Waals surface area (Å²) in [6.45, 7) is 4.23. The Morgan fingerprint density at radius 2 is 2.12 bits per heavy atom. The van der Waals surface area contributed by atoms with Crippen LogP contribution in [0.2, 0.25) is 5.02 Å². The first-order valence-electron chi connectivity index (χ1n) is 5.70. The fourth-order valence-electron chi connectivity index (χ4n) is 1.72. The van der Waals surface area contributed by atoms with E-state index in [0.717, 1.165) is 16.5 Å². The van der Waals surface area contributed by atoms with Crippen LogP contribution in [0.15, 0.2) is 16.6 Å². The third-order valence-corrected chi connectivity index (χ3v) is 3.73. The van der Waals surface area contributed by atoms with Gasteiger partial charge in [0, 0.05) is 10.6 Å². The fraction of sp³-hybridized carbons (Fsp3) is 0.538. The Kier molecular flexibility index (Phi) is 5.77. The van der Waals surface area contributed by atoms with Crippen LogP contribution >= 0.6 is 27.5 Å². The normalized spacial score (nSPS) is 14.5. The molecule has 0 radical (unpaired) electrons. The van der Waals surface area contributed by atoms with Crippen molar-refractivity contribution in [1.29, 1.82) is 0 Å². The summed E-state index contributed by atoms with van der Waals surface area (Å²) < 4.78 is 6.07. The molecule has 0 saturated carbocycles. The zero-order valence-corrected chi connectivity index (χ0v) is 12.7. The number of halogens is 2. The van der Waals surface area contributed by atoms with E-state index in [9.17, 15) is 5.11 Å². The van der Waals surface area contributed by atoms with Crippen molar-refractivity contribution in [1.82, 2.24) is 0 Å². The molecule has 0 aliphatic rings. The minimum atomic E-state index is -0.546. The summed E-state index contributed by atoms with van der Waals surface area (Å²) in [4.78, 5) is 0. The second-order valence-electron chi connectivity index (χ2n) is 4.28. The highest BCUT2D eigenvalue weighted by molar-refractivity contribution is 9.10. The summed E-state index contributed by atoms with van der Waals surface area (Å²) >= 11 is 9.39. The molecule has 1 rings (SSSR count). The van der Waals surface area contributed by atoms with Gasteiger partial charge in [0.25, 0.3) is 0 Å². The van der Waals surface area contributed by atoms with Crippen molar-refractivity contribution in [2.24, 2.45) is 5.92 Å². The monoisotopic (exact) mass is 320 g/mol. The summed E-state index contributed by atoms with van der Waals surface area (Å²) in [6, 6.07) is 3.53. The minimum Gasteiger partial charge on any atom is -0.495 e. The van der Waals surface area contributed by atoms with Crippen molar-refractivity contribution in [2.75, 3.05) is 7.11 Å². The van der Waals surface area contributed by atoms with Crippen LogP contribution in [0.5, 0.6) is 5.75 Å². The molecule has 2 nitrogen and oxygen atoms in total. The van der Waals surface area contributed by atoms with E-state index >= 15 is 0 Å². The standard InChI is InChI=1S/C13H18BrClO2/c1-4-8(2)5-12(16)10-6-9(15)7-11(14)13(10)17-3/h6-8,12,16H,4-5H2,1-3H3. The lowest BCUT2D eigenvalue weighted by Crippen LogP contribution is -2.06. The number of aliphatic hydroxyl groups excluding tert-OH is 1. The molecule has 1 aromatic carbocycles. The van der Waals surface area contributed by atoms with Crippen LogP contribution in [0.1, 0.15) is 38.4 Å². The van der Waals surface area contributed by atoms with Gasteiger partial charge in [-0.1, -0.05) is 31.9 Å². The smallest absolute Gasteiger partial charge is 0.138 e. The van der Waals surface area contributed by atoms with Gasteiger partial charge in [0.05, 0.1) is 17.7 Å². The van der Waals surface area contributed by atoms with E-state index in [4.69, 9.17) is 16.3 Å². The van der Waals surface area contributed by atoms with Crippen molar-refractivity contribution in [3.63, 3.8) is 0 Å². The molecule has 0 aromatic heterocycles. The average Bonchev–Trinajstić information content (AvgIpc) is 2.27. The molecule has 0 saturated heterocycles. The number of hydrogen-bond donors (Lipinski definition) is 1. The SMILES string of the molecule is CCC(C)CC(O)c1cc(Cl)cc(Br)c1OC. The molecule has 0 bridgehead atoms. The van der Waals surface area contributed by atoms with Gasteiger partial charge in [0.2, 0.25) is 0 Å². The first kappa shape index (κ1) is 14.8. The largest absolute Gasteiger partial charge is 0.495 e. The predicted octanol–water partition coefficient (Wildman–Crippen LogP) is 4.58. The molecule has 1 aromatic rings. The summed E-state index contributed by atoms with van der Waals surface area (Å²) in [6.07, 6.45) is 1.20. The summed E-state index contributed by atoms with van der Waals surface area (Å²) in [5.74, 6) is 1.12. The number of aliphatic hydroxyl groups is 1. The van der Waals surface area contributed by atoms with Gasteiger partial charge in [-0.2, -0.15) is 0 Å². The first-order chi connectivity index (χ1) is 7.99. The van der Waals surface area contributed by atoms with Crippen LogP contribution in [-0.2, 0) is 0 Å². The van der Waals surface area contributed by atoms with Gasteiger partial charge in [-0.25, -0.2) is 0 Å². The van der Waals surface area contributed by atoms with Gasteiger partial charge in [-0.15, -0.1) is 0 Å². The van der Waals surface area contributed by atoms with E-state index in [1.807, 2.05) is 0 Å². The lowest BCUT2D eigenvalue weighted by Gasteiger charge is -2.19. The predicted molar refractivity (Wildman–Crippen MR) is 74.7 cm³/mol. The van der Waals surface area contributed by atoms with E-state index in [-0.39, 0.29) is 0 Å². The molecule has 0 aliphatic heterocycles. The quantitative estimate of drug-likeness (QED) is 0.860. The molecule has 1 N–H and O–H groups in total. The van der Waals surface area contributed by atoms with Crippen molar-refractivity contribution in [3.05, 3.63) is 27.2 Å². The molecule has 2 atom stereocenters. The van der Waals surface area contributed by atoms with Gasteiger partial charge in [0.1, 0.15) is 5.75 Å². The maximum atomic E-state index is 10.2. The number of rotatable bonds is 5. The van der Waals surface area contributed by atoms with E-state index in [0.29, 0.717) is 23.1 Å². The summed E-state index contributed by atoms with van der Waals surface area (Å²) in [7, 11) is 1.59. The number of ether oxygens (including phenoxy) is 1. The van der Waals surface area contributed by atoms with E-state index in [1.54, 1.807) is 19.2 Å². The average molecular weight is 322 g/mol. The second kappa shape index (κ2) is 6.62. The van der Waals surface area contributed by atoms with Crippen LogP contribution in [0, 0.1) is 5.92 Å². The van der Waals surface area contributed by atoms with E-state index in [1.165, 1.54) is 0 Å². The third kappa shape index (κ3) is 3.87. The Morgan fingerprint density at radius 3 is 2.65 bits per heavy atom. The third-order valence-electron chi connectivity index (χ3n) is 2.92. The van der Waals surface area contributed by atoms with E-state index < -0.39 is 6.10 Å². The van der Waals surface area contributed by atoms with Crippen molar-refractivity contribution in [2.45, 2.75) is 32.8 Å². The maximum absolute atomic E-state index is 10.2. The maximum Gasteiger partial charge on any atom is 0.138 e. The molecule has 0 fully saturated rings. The highest BCUT2D eigenvalue weighted by Crippen LogP contribution is 2.38. The highest BCUT2D eigenvalue weighted by atomic mass is 79.9. The molecular weight excluding hydrogens is 303 g/mol. The lowest BCUT2D eigenvalue weighted by atomic mass is 9.96. The molecular formula is C13H18BrClO2. The van der Waals surface area contributed by atoms with Crippen molar-refractivity contribution in [3.8, 4) is 5.75 Å². The summed E-state index contributed by atoms with van der Waals surface area (Å²) in [5.41, 5.74) is 0.743. The molecule has 0 amide bonds. The van der Waals surface area contributed by atoms with Crippen molar-refractivity contribution < 1.29 is 9.84 Å². The summed E-state index contributed by atoms with van der Waals surface area (Å²) in [5, 5.41) is 10.8. The Bertz CT molecular complexity index is 382. The highest BCUT2D eigenvalue weighted by Gasteiger charge is 2.18. The van der Waals surface area contributed by atoms with Gasteiger partial charge < -0.3 is 9.84 Å². The first-order valence-corrected chi connectivity index (χ1v) is 6.87. The Labute approximate surface area is 116 Å². The zero-order chi connectivity index (χ0) is 13.0. The molecule has 17 heavy (non-hydrogen) atoms. The number of benzene rings is 1. The van der Waals surface area contributed by atoms with E-state index in [2.05, 4.69) is 29.8 Å². The van der Waals surface area contributed by atoms with Gasteiger partial charge >= 0.3 is 0 Å². The van der Waals surface area contributed by atoms with Crippen LogP contribution < -0.4 is 4.74 Å². The Hall–Kier alpha value is -0.250. The molecule has 0 heterocycles. The molecule has 4 heteroatoms. The van der Waals surface area contributed by atoms with Crippen molar-refractivity contribution >= 4 is 27.5 Å². The molecule has 2 unspecified atom stereocenters. The lowest BCUT2D eigenvalue weighted by molar-refractivity contribution is 0.143. The van der Waals surface area contributed by atoms with Crippen LogP contribution in [0.3, 0.4) is 0 Å². The van der Waals surface area contributed by atoms with Crippen LogP contribution in [-0.4, -0.2) is 12.2 Å². The molecule has 0 aliphatic carbocycles. The van der Waals surface area contributed by atoms with Crippen LogP contribution in [0.25, 0.3) is 0 Å². The van der Waals surface area contributed by atoms with Gasteiger partial charge in [0.15, 0.2) is 0 Å². The second-order valence-corrected chi connectivity index (χ2v) is 5.57. The minimum absolute atomic E-state index is 0.465. The zero-order valence-electron chi connectivity index (χ0n) is 10.3.